The summed E-state index contributed by atoms with van der Waals surface area (Å²) in [7, 11) is 1.64. The van der Waals surface area contributed by atoms with Crippen LogP contribution >= 0.6 is 0 Å². The fourth-order valence-corrected chi connectivity index (χ4v) is 3.01. The fourth-order valence-electron chi connectivity index (χ4n) is 3.01. The average molecular weight is 338 g/mol. The number of nitro groups is 1. The summed E-state index contributed by atoms with van der Waals surface area (Å²) in [5.74, 6) is 0.815. The monoisotopic (exact) mass is 338 g/mol. The van der Waals surface area contributed by atoms with E-state index < -0.39 is 4.92 Å². The molecule has 128 valence electrons. The number of anilines is 2. The van der Waals surface area contributed by atoms with Crippen LogP contribution in [0.1, 0.15) is 5.56 Å². The Balaban J connectivity index is 1.74. The summed E-state index contributed by atoms with van der Waals surface area (Å²) in [5.41, 5.74) is 1.96. The van der Waals surface area contributed by atoms with E-state index >= 15 is 0 Å². The lowest BCUT2D eigenvalue weighted by Gasteiger charge is -2.37. The number of methoxy groups -OCH3 is 1. The van der Waals surface area contributed by atoms with E-state index in [0.29, 0.717) is 24.3 Å². The first-order valence-corrected chi connectivity index (χ1v) is 7.95. The SMILES string of the molecule is COc1ccc(N2CCN(c3ccc(C#N)cc3[N+](=O)[O-])CC2)cc1. The first-order valence-electron chi connectivity index (χ1n) is 7.95. The van der Waals surface area contributed by atoms with Crippen LogP contribution in [0.15, 0.2) is 42.5 Å². The first kappa shape index (κ1) is 16.6. The molecule has 1 aliphatic rings. The van der Waals surface area contributed by atoms with Crippen LogP contribution < -0.4 is 14.5 Å². The van der Waals surface area contributed by atoms with Gasteiger partial charge in [0.2, 0.25) is 0 Å². The van der Waals surface area contributed by atoms with Gasteiger partial charge in [-0.3, -0.25) is 10.1 Å². The highest BCUT2D eigenvalue weighted by atomic mass is 16.6. The van der Waals surface area contributed by atoms with Crippen LogP contribution in [-0.2, 0) is 0 Å². The zero-order valence-electron chi connectivity index (χ0n) is 13.9. The normalized spacial score (nSPS) is 14.1. The number of nitro benzene ring substituents is 1. The minimum atomic E-state index is -0.425. The quantitative estimate of drug-likeness (QED) is 0.630. The number of rotatable bonds is 4. The van der Waals surface area contributed by atoms with Crippen molar-refractivity contribution in [3.05, 3.63) is 58.1 Å². The van der Waals surface area contributed by atoms with Crippen LogP contribution in [0.3, 0.4) is 0 Å². The lowest BCUT2D eigenvalue weighted by Crippen LogP contribution is -2.46. The van der Waals surface area contributed by atoms with Crippen molar-refractivity contribution in [2.75, 3.05) is 43.1 Å². The number of nitrogens with zero attached hydrogens (tertiary/aromatic N) is 4. The predicted molar refractivity (Wildman–Crippen MR) is 95.2 cm³/mol. The van der Waals surface area contributed by atoms with Gasteiger partial charge in [0.15, 0.2) is 0 Å². The number of hydrogen-bond acceptors (Lipinski definition) is 6. The summed E-state index contributed by atoms with van der Waals surface area (Å²) in [6.07, 6.45) is 0. The molecule has 0 unspecified atom stereocenters. The molecule has 0 N–H and O–H groups in total. The third kappa shape index (κ3) is 3.48. The molecule has 1 heterocycles. The van der Waals surface area contributed by atoms with Gasteiger partial charge in [0.05, 0.1) is 23.7 Å². The molecule has 1 saturated heterocycles. The second-order valence-electron chi connectivity index (χ2n) is 5.74. The van der Waals surface area contributed by atoms with Crippen molar-refractivity contribution in [2.24, 2.45) is 0 Å². The van der Waals surface area contributed by atoms with Crippen molar-refractivity contribution in [1.29, 1.82) is 5.26 Å². The lowest BCUT2D eigenvalue weighted by atomic mass is 10.1. The van der Waals surface area contributed by atoms with Crippen LogP contribution in [0.25, 0.3) is 0 Å². The Labute approximate surface area is 145 Å². The highest BCUT2D eigenvalue weighted by Crippen LogP contribution is 2.30. The third-order valence-corrected chi connectivity index (χ3v) is 4.36. The van der Waals surface area contributed by atoms with E-state index in [9.17, 15) is 10.1 Å². The lowest BCUT2D eigenvalue weighted by molar-refractivity contribution is -0.384. The summed E-state index contributed by atoms with van der Waals surface area (Å²) in [4.78, 5) is 15.1. The summed E-state index contributed by atoms with van der Waals surface area (Å²) < 4.78 is 5.17. The number of benzene rings is 2. The molecule has 2 aromatic carbocycles. The maximum Gasteiger partial charge on any atom is 0.293 e. The standard InChI is InChI=1S/C18H18N4O3/c1-25-16-5-3-15(4-6-16)20-8-10-21(11-9-20)17-7-2-14(13-19)12-18(17)22(23)24/h2-7,12H,8-11H2,1H3. The van der Waals surface area contributed by atoms with Crippen molar-refractivity contribution in [1.82, 2.24) is 0 Å². The van der Waals surface area contributed by atoms with Gasteiger partial charge in [-0.05, 0) is 36.4 Å². The van der Waals surface area contributed by atoms with Crippen LogP contribution in [0.4, 0.5) is 17.1 Å². The molecule has 1 fully saturated rings. The van der Waals surface area contributed by atoms with E-state index in [1.165, 1.54) is 6.07 Å². The smallest absolute Gasteiger partial charge is 0.293 e. The molecule has 1 aliphatic heterocycles. The maximum absolute atomic E-state index is 11.3. The van der Waals surface area contributed by atoms with E-state index in [0.717, 1.165) is 24.5 Å². The third-order valence-electron chi connectivity index (χ3n) is 4.36. The minimum absolute atomic E-state index is 0.0167. The van der Waals surface area contributed by atoms with Crippen molar-refractivity contribution >= 4 is 17.1 Å². The largest absolute Gasteiger partial charge is 0.497 e. The molecule has 0 aromatic heterocycles. The fraction of sp³-hybridized carbons (Fsp3) is 0.278. The van der Waals surface area contributed by atoms with Gasteiger partial charge in [0.1, 0.15) is 11.4 Å². The van der Waals surface area contributed by atoms with Crippen molar-refractivity contribution in [3.8, 4) is 11.8 Å². The second-order valence-corrected chi connectivity index (χ2v) is 5.74. The van der Waals surface area contributed by atoms with Crippen molar-refractivity contribution in [2.45, 2.75) is 0 Å². The Bertz CT molecular complexity index is 806. The molecule has 0 spiro atoms. The van der Waals surface area contributed by atoms with Crippen LogP contribution in [0.2, 0.25) is 0 Å². The number of ether oxygens (including phenoxy) is 1. The minimum Gasteiger partial charge on any atom is -0.497 e. The highest BCUT2D eigenvalue weighted by Gasteiger charge is 2.24. The molecule has 25 heavy (non-hydrogen) atoms. The summed E-state index contributed by atoms with van der Waals surface area (Å²) in [6, 6.07) is 14.4. The van der Waals surface area contributed by atoms with E-state index in [1.54, 1.807) is 19.2 Å². The number of nitriles is 1. The summed E-state index contributed by atoms with van der Waals surface area (Å²) in [6.45, 7) is 2.89. The Hall–Kier alpha value is -3.27. The molecule has 2 aromatic rings. The number of piperazine rings is 1. The molecule has 0 bridgehead atoms. The molecule has 0 atom stereocenters. The molecular weight excluding hydrogens is 320 g/mol. The average Bonchev–Trinajstić information content (AvgIpc) is 2.67. The van der Waals surface area contributed by atoms with Gasteiger partial charge in [-0.1, -0.05) is 0 Å². The topological polar surface area (TPSA) is 82.6 Å². The van der Waals surface area contributed by atoms with Crippen LogP contribution in [0.5, 0.6) is 5.75 Å². The Kier molecular flexibility index (Phi) is 4.70. The second kappa shape index (κ2) is 7.09. The van der Waals surface area contributed by atoms with Gasteiger partial charge in [0, 0.05) is 37.9 Å². The zero-order valence-corrected chi connectivity index (χ0v) is 13.9. The van der Waals surface area contributed by atoms with Gasteiger partial charge in [-0.15, -0.1) is 0 Å². The van der Waals surface area contributed by atoms with E-state index in [1.807, 2.05) is 35.2 Å². The molecule has 7 heteroatoms. The predicted octanol–water partition coefficient (Wildman–Crippen LogP) is 2.80. The van der Waals surface area contributed by atoms with Gasteiger partial charge in [0.25, 0.3) is 5.69 Å². The first-order chi connectivity index (χ1) is 12.1. The van der Waals surface area contributed by atoms with Crippen molar-refractivity contribution in [3.63, 3.8) is 0 Å². The molecule has 0 aliphatic carbocycles. The Morgan fingerprint density at radius 2 is 1.72 bits per heavy atom. The van der Waals surface area contributed by atoms with E-state index in [4.69, 9.17) is 10.00 Å². The Morgan fingerprint density at radius 3 is 2.28 bits per heavy atom. The number of hydrogen-bond donors (Lipinski definition) is 0. The molecule has 0 amide bonds. The zero-order chi connectivity index (χ0) is 17.8. The molecule has 3 rings (SSSR count). The molecule has 7 nitrogen and oxygen atoms in total. The van der Waals surface area contributed by atoms with Gasteiger partial charge < -0.3 is 14.5 Å². The van der Waals surface area contributed by atoms with Crippen LogP contribution in [-0.4, -0.2) is 38.2 Å². The van der Waals surface area contributed by atoms with Gasteiger partial charge in [-0.2, -0.15) is 5.26 Å². The van der Waals surface area contributed by atoms with Gasteiger partial charge >= 0.3 is 0 Å². The summed E-state index contributed by atoms with van der Waals surface area (Å²) in [5, 5.41) is 20.3. The van der Waals surface area contributed by atoms with Crippen LogP contribution in [0, 0.1) is 21.4 Å². The molecule has 0 radical (unpaired) electrons. The molecule has 0 saturated carbocycles. The van der Waals surface area contributed by atoms with E-state index in [2.05, 4.69) is 4.90 Å². The maximum atomic E-state index is 11.3. The van der Waals surface area contributed by atoms with Gasteiger partial charge in [-0.25, -0.2) is 0 Å². The van der Waals surface area contributed by atoms with E-state index in [-0.39, 0.29) is 5.69 Å². The van der Waals surface area contributed by atoms with Crippen molar-refractivity contribution < 1.29 is 9.66 Å². The Morgan fingerprint density at radius 1 is 1.08 bits per heavy atom. The highest BCUT2D eigenvalue weighted by molar-refractivity contribution is 5.66. The summed E-state index contributed by atoms with van der Waals surface area (Å²) >= 11 is 0. The molecular formula is C18H18N4O3.